The number of piperidine rings is 1. The second-order valence-electron chi connectivity index (χ2n) is 11.0. The first-order valence-electron chi connectivity index (χ1n) is 11.2. The molecule has 164 valence electrons. The van der Waals surface area contributed by atoms with Gasteiger partial charge < -0.3 is 19.2 Å². The van der Waals surface area contributed by atoms with Crippen molar-refractivity contribution >= 4 is 7.12 Å². The molecule has 2 saturated heterocycles. The van der Waals surface area contributed by atoms with Gasteiger partial charge in [0.15, 0.2) is 0 Å². The molecule has 0 bridgehead atoms. The maximum absolute atomic E-state index is 10.3. The van der Waals surface area contributed by atoms with Crippen molar-refractivity contribution in [2.75, 3.05) is 13.1 Å². The molecule has 0 aromatic carbocycles. The SMILES string of the molecule is CC(C)(C)OC(O)N1CCC(CC2C=CC=C(B3OC(C)(C)C(C)(C)O3)C2)CC1. The minimum absolute atomic E-state index is 0.237. The molecule has 2 heterocycles. The van der Waals surface area contributed by atoms with Crippen molar-refractivity contribution < 1.29 is 19.2 Å². The van der Waals surface area contributed by atoms with Gasteiger partial charge in [-0.05, 0) is 91.5 Å². The molecule has 0 aromatic rings. The van der Waals surface area contributed by atoms with Crippen molar-refractivity contribution in [3.8, 4) is 0 Å². The van der Waals surface area contributed by atoms with Crippen molar-refractivity contribution in [1.29, 1.82) is 0 Å². The van der Waals surface area contributed by atoms with Gasteiger partial charge in [0.25, 0.3) is 0 Å². The molecular weight excluding hydrogens is 365 g/mol. The lowest BCUT2D eigenvalue weighted by Crippen LogP contribution is -2.45. The summed E-state index contributed by atoms with van der Waals surface area (Å²) in [6.45, 7) is 16.1. The standard InChI is InChI=1S/C23H40BNO4/c1-21(2,3)27-20(26)25-13-11-17(12-14-25)15-18-9-8-10-19(16-18)24-28-22(4,5)23(6,7)29-24/h8-10,17-18,20,26H,11-16H2,1-7H3. The molecule has 1 aliphatic carbocycles. The molecule has 0 radical (unpaired) electrons. The topological polar surface area (TPSA) is 51.2 Å². The summed E-state index contributed by atoms with van der Waals surface area (Å²) >= 11 is 0. The first-order valence-corrected chi connectivity index (χ1v) is 11.2. The van der Waals surface area contributed by atoms with Crippen LogP contribution >= 0.6 is 0 Å². The molecule has 0 saturated carbocycles. The Labute approximate surface area is 177 Å². The third kappa shape index (κ3) is 5.73. The summed E-state index contributed by atoms with van der Waals surface area (Å²) in [4.78, 5) is 2.05. The number of likely N-dealkylation sites (tertiary alicyclic amines) is 1. The molecule has 2 atom stereocenters. The smallest absolute Gasteiger partial charge is 0.400 e. The molecular formula is C23H40BNO4. The lowest BCUT2D eigenvalue weighted by Gasteiger charge is -2.38. The summed E-state index contributed by atoms with van der Waals surface area (Å²) in [6.07, 6.45) is 10.3. The fourth-order valence-electron chi connectivity index (χ4n) is 4.33. The summed E-state index contributed by atoms with van der Waals surface area (Å²) in [5.74, 6) is 1.21. The molecule has 29 heavy (non-hydrogen) atoms. The van der Waals surface area contributed by atoms with Gasteiger partial charge in [-0.15, -0.1) is 0 Å². The van der Waals surface area contributed by atoms with Gasteiger partial charge in [-0.1, -0.05) is 18.2 Å². The van der Waals surface area contributed by atoms with Crippen LogP contribution in [0.3, 0.4) is 0 Å². The van der Waals surface area contributed by atoms with E-state index in [4.69, 9.17) is 14.0 Å². The average molecular weight is 405 g/mol. The minimum Gasteiger partial charge on any atom is -0.400 e. The Hall–Kier alpha value is -0.655. The molecule has 2 unspecified atom stereocenters. The molecule has 3 rings (SSSR count). The predicted octanol–water partition coefficient (Wildman–Crippen LogP) is 4.31. The summed E-state index contributed by atoms with van der Waals surface area (Å²) in [6, 6.07) is 0. The maximum Gasteiger partial charge on any atom is 0.490 e. The number of allylic oxidation sites excluding steroid dienone is 4. The molecule has 0 spiro atoms. The van der Waals surface area contributed by atoms with Gasteiger partial charge in [0, 0.05) is 13.1 Å². The molecule has 0 aromatic heterocycles. The van der Waals surface area contributed by atoms with Crippen LogP contribution in [-0.4, -0.2) is 53.4 Å². The van der Waals surface area contributed by atoms with E-state index in [0.717, 1.165) is 32.4 Å². The van der Waals surface area contributed by atoms with Crippen molar-refractivity contribution in [3.63, 3.8) is 0 Å². The summed E-state index contributed by atoms with van der Waals surface area (Å²) in [5, 5.41) is 10.3. The van der Waals surface area contributed by atoms with E-state index in [1.807, 2.05) is 25.7 Å². The van der Waals surface area contributed by atoms with Crippen LogP contribution in [-0.2, 0) is 14.0 Å². The Morgan fingerprint density at radius 2 is 1.76 bits per heavy atom. The number of nitrogens with zero attached hydrogens (tertiary/aromatic N) is 1. The van der Waals surface area contributed by atoms with Crippen LogP contribution in [0.15, 0.2) is 23.7 Å². The average Bonchev–Trinajstić information content (AvgIpc) is 2.82. The number of hydrogen-bond acceptors (Lipinski definition) is 5. The van der Waals surface area contributed by atoms with E-state index in [-0.39, 0.29) is 23.9 Å². The highest BCUT2D eigenvalue weighted by atomic mass is 16.7. The first kappa shape index (κ1) is 23.0. The lowest BCUT2D eigenvalue weighted by molar-refractivity contribution is -0.243. The monoisotopic (exact) mass is 405 g/mol. The molecule has 1 N–H and O–H groups in total. The fourth-order valence-corrected chi connectivity index (χ4v) is 4.33. The number of rotatable bonds is 5. The van der Waals surface area contributed by atoms with Gasteiger partial charge in [-0.3, -0.25) is 4.90 Å². The highest BCUT2D eigenvalue weighted by molar-refractivity contribution is 6.54. The van der Waals surface area contributed by atoms with Gasteiger partial charge in [0.2, 0.25) is 6.41 Å². The third-order valence-electron chi connectivity index (χ3n) is 6.80. The van der Waals surface area contributed by atoms with E-state index in [2.05, 4.69) is 45.9 Å². The highest BCUT2D eigenvalue weighted by Gasteiger charge is 2.52. The largest absolute Gasteiger partial charge is 0.490 e. The van der Waals surface area contributed by atoms with E-state index in [1.54, 1.807) is 0 Å². The van der Waals surface area contributed by atoms with E-state index < -0.39 is 6.41 Å². The Kier molecular flexibility index (Phi) is 6.72. The number of aliphatic hydroxyl groups excluding tert-OH is 1. The first-order chi connectivity index (χ1) is 13.4. The quantitative estimate of drug-likeness (QED) is 0.546. The van der Waals surface area contributed by atoms with Crippen LogP contribution < -0.4 is 0 Å². The molecule has 2 fully saturated rings. The van der Waals surface area contributed by atoms with Gasteiger partial charge in [0.1, 0.15) is 0 Å². The number of aliphatic hydroxyl groups is 1. The van der Waals surface area contributed by atoms with Crippen LogP contribution in [0.1, 0.15) is 74.1 Å². The zero-order valence-corrected chi connectivity index (χ0v) is 19.4. The van der Waals surface area contributed by atoms with Crippen LogP contribution in [0.25, 0.3) is 0 Å². The van der Waals surface area contributed by atoms with Crippen LogP contribution in [0.4, 0.5) is 0 Å². The maximum atomic E-state index is 10.3. The zero-order chi connectivity index (χ0) is 21.4. The van der Waals surface area contributed by atoms with E-state index in [0.29, 0.717) is 11.8 Å². The Bertz CT molecular complexity index is 613. The van der Waals surface area contributed by atoms with Crippen molar-refractivity contribution in [3.05, 3.63) is 23.7 Å². The van der Waals surface area contributed by atoms with Gasteiger partial charge in [0.05, 0.1) is 16.8 Å². The Morgan fingerprint density at radius 3 is 2.31 bits per heavy atom. The Morgan fingerprint density at radius 1 is 1.17 bits per heavy atom. The van der Waals surface area contributed by atoms with E-state index in [1.165, 1.54) is 11.9 Å². The van der Waals surface area contributed by atoms with Gasteiger partial charge in [-0.25, -0.2) is 0 Å². The molecule has 6 heteroatoms. The number of hydrogen-bond donors (Lipinski definition) is 1. The van der Waals surface area contributed by atoms with Crippen molar-refractivity contribution in [1.82, 2.24) is 4.90 Å². The molecule has 5 nitrogen and oxygen atoms in total. The lowest BCUT2D eigenvalue weighted by atomic mass is 9.69. The normalized spacial score (nSPS) is 29.2. The van der Waals surface area contributed by atoms with Crippen molar-refractivity contribution in [2.45, 2.75) is 97.4 Å². The zero-order valence-electron chi connectivity index (χ0n) is 19.4. The van der Waals surface area contributed by atoms with Crippen LogP contribution in [0.5, 0.6) is 0 Å². The van der Waals surface area contributed by atoms with E-state index in [9.17, 15) is 5.11 Å². The minimum atomic E-state index is -0.802. The second kappa shape index (κ2) is 8.47. The number of ether oxygens (including phenoxy) is 1. The van der Waals surface area contributed by atoms with Gasteiger partial charge >= 0.3 is 7.12 Å². The third-order valence-corrected chi connectivity index (χ3v) is 6.80. The molecule has 2 aliphatic heterocycles. The van der Waals surface area contributed by atoms with Gasteiger partial charge in [-0.2, -0.15) is 0 Å². The van der Waals surface area contributed by atoms with Crippen LogP contribution in [0, 0.1) is 11.8 Å². The van der Waals surface area contributed by atoms with Crippen LogP contribution in [0.2, 0.25) is 0 Å². The summed E-state index contributed by atoms with van der Waals surface area (Å²) in [7, 11) is -0.237. The highest BCUT2D eigenvalue weighted by Crippen LogP contribution is 2.41. The molecule has 3 aliphatic rings. The Balaban J connectivity index is 1.47. The summed E-state index contributed by atoms with van der Waals surface area (Å²) < 4.78 is 18.2. The predicted molar refractivity (Wildman–Crippen MR) is 117 cm³/mol. The molecule has 0 amide bonds. The summed E-state index contributed by atoms with van der Waals surface area (Å²) in [5.41, 5.74) is 0.331. The van der Waals surface area contributed by atoms with E-state index >= 15 is 0 Å². The van der Waals surface area contributed by atoms with Crippen molar-refractivity contribution in [2.24, 2.45) is 11.8 Å². The second-order valence-corrected chi connectivity index (χ2v) is 11.0. The fraction of sp³-hybridized carbons (Fsp3) is 0.826.